The maximum absolute atomic E-state index is 11.4. The summed E-state index contributed by atoms with van der Waals surface area (Å²) in [5.41, 5.74) is 0. The smallest absolute Gasteiger partial charge is 0.240 e. The van der Waals surface area contributed by atoms with Crippen LogP contribution in [0.2, 0.25) is 0 Å². The van der Waals surface area contributed by atoms with Crippen LogP contribution in [0.15, 0.2) is 4.52 Å². The van der Waals surface area contributed by atoms with Gasteiger partial charge < -0.3 is 14.6 Å². The summed E-state index contributed by atoms with van der Waals surface area (Å²) in [7, 11) is -2.88. The summed E-state index contributed by atoms with van der Waals surface area (Å²) >= 11 is 0. The van der Waals surface area contributed by atoms with E-state index in [1.807, 2.05) is 20.8 Å². The van der Waals surface area contributed by atoms with Gasteiger partial charge in [-0.3, -0.25) is 0 Å². The van der Waals surface area contributed by atoms with Crippen LogP contribution in [-0.2, 0) is 21.1 Å². The average molecular weight is 317 g/mol. The van der Waals surface area contributed by atoms with Gasteiger partial charge in [-0.2, -0.15) is 4.98 Å². The number of hydrogen-bond donors (Lipinski definition) is 1. The van der Waals surface area contributed by atoms with Gasteiger partial charge >= 0.3 is 0 Å². The minimum atomic E-state index is -2.88. The molecule has 21 heavy (non-hydrogen) atoms. The molecular formula is C13H23N3O4S. The summed E-state index contributed by atoms with van der Waals surface area (Å²) in [6, 6.07) is -0.0295. The molecule has 1 fully saturated rings. The summed E-state index contributed by atoms with van der Waals surface area (Å²) in [6.45, 7) is 6.98. The van der Waals surface area contributed by atoms with E-state index >= 15 is 0 Å². The Labute approximate surface area is 125 Å². The number of nitrogens with zero attached hydrogens (tertiary/aromatic N) is 2. The SMILES string of the molecule is CCOC(c1noc(CNC2CCS(=O)(=O)C2)n1)C(C)C. The summed E-state index contributed by atoms with van der Waals surface area (Å²) in [6.07, 6.45) is 0.455. The molecule has 0 aromatic carbocycles. The maximum atomic E-state index is 11.4. The van der Waals surface area contributed by atoms with Crippen LogP contribution in [0.25, 0.3) is 0 Å². The average Bonchev–Trinajstić information content (AvgIpc) is 2.99. The van der Waals surface area contributed by atoms with E-state index in [2.05, 4.69) is 15.5 Å². The molecule has 1 aromatic rings. The van der Waals surface area contributed by atoms with Crippen molar-refractivity contribution in [3.63, 3.8) is 0 Å². The molecule has 8 heteroatoms. The van der Waals surface area contributed by atoms with Gasteiger partial charge in [-0.1, -0.05) is 19.0 Å². The van der Waals surface area contributed by atoms with Crippen molar-refractivity contribution in [1.82, 2.24) is 15.5 Å². The van der Waals surface area contributed by atoms with E-state index in [9.17, 15) is 8.42 Å². The highest BCUT2D eigenvalue weighted by molar-refractivity contribution is 7.91. The summed E-state index contributed by atoms with van der Waals surface area (Å²) in [4.78, 5) is 4.33. The van der Waals surface area contributed by atoms with E-state index < -0.39 is 9.84 Å². The number of rotatable bonds is 7. The lowest BCUT2D eigenvalue weighted by Crippen LogP contribution is -2.29. The lowest BCUT2D eigenvalue weighted by molar-refractivity contribution is 0.0217. The Hall–Kier alpha value is -0.990. The molecule has 120 valence electrons. The first kappa shape index (κ1) is 16.4. The van der Waals surface area contributed by atoms with Crippen LogP contribution in [0.1, 0.15) is 45.0 Å². The van der Waals surface area contributed by atoms with E-state index in [-0.39, 0.29) is 29.6 Å². The van der Waals surface area contributed by atoms with E-state index in [0.29, 0.717) is 31.3 Å². The van der Waals surface area contributed by atoms with Crippen molar-refractivity contribution in [1.29, 1.82) is 0 Å². The van der Waals surface area contributed by atoms with Crippen molar-refractivity contribution >= 4 is 9.84 Å². The van der Waals surface area contributed by atoms with E-state index in [4.69, 9.17) is 9.26 Å². The molecular weight excluding hydrogens is 294 g/mol. The van der Waals surface area contributed by atoms with Crippen molar-refractivity contribution < 1.29 is 17.7 Å². The van der Waals surface area contributed by atoms with Crippen LogP contribution < -0.4 is 5.32 Å². The molecule has 0 radical (unpaired) electrons. The lowest BCUT2D eigenvalue weighted by atomic mass is 10.1. The molecule has 0 spiro atoms. The van der Waals surface area contributed by atoms with Crippen molar-refractivity contribution in [2.75, 3.05) is 18.1 Å². The monoisotopic (exact) mass is 317 g/mol. The number of sulfone groups is 1. The normalized spacial score (nSPS) is 22.8. The second kappa shape index (κ2) is 6.85. The molecule has 2 unspecified atom stereocenters. The van der Waals surface area contributed by atoms with E-state index in [0.717, 1.165) is 0 Å². The number of aromatic nitrogens is 2. The van der Waals surface area contributed by atoms with Crippen LogP contribution in [0.4, 0.5) is 0 Å². The Balaban J connectivity index is 1.91. The minimum absolute atomic E-state index is 0.0295. The Bertz CT molecular complexity index is 556. The van der Waals surface area contributed by atoms with Crippen LogP contribution >= 0.6 is 0 Å². The first-order chi connectivity index (χ1) is 9.91. The zero-order valence-corrected chi connectivity index (χ0v) is 13.5. The zero-order chi connectivity index (χ0) is 15.5. The molecule has 2 atom stereocenters. The Morgan fingerprint density at radius 3 is 2.81 bits per heavy atom. The minimum Gasteiger partial charge on any atom is -0.370 e. The van der Waals surface area contributed by atoms with Gasteiger partial charge in [0, 0.05) is 12.6 Å². The van der Waals surface area contributed by atoms with E-state index in [1.165, 1.54) is 0 Å². The molecule has 0 aliphatic carbocycles. The molecule has 2 heterocycles. The predicted molar refractivity (Wildman–Crippen MR) is 77.4 cm³/mol. The third kappa shape index (κ3) is 4.49. The molecule has 1 N–H and O–H groups in total. The maximum Gasteiger partial charge on any atom is 0.240 e. The standard InChI is InChI=1S/C13H23N3O4S/c1-4-19-12(9(2)3)13-15-11(20-16-13)7-14-10-5-6-21(17,18)8-10/h9-10,12,14H,4-8H2,1-3H3. The van der Waals surface area contributed by atoms with Crippen molar-refractivity contribution in [3.05, 3.63) is 11.7 Å². The molecule has 1 aliphatic rings. The molecule has 7 nitrogen and oxygen atoms in total. The molecule has 0 amide bonds. The van der Waals surface area contributed by atoms with Gasteiger partial charge in [0.2, 0.25) is 11.7 Å². The van der Waals surface area contributed by atoms with Gasteiger partial charge in [-0.05, 0) is 19.3 Å². The number of ether oxygens (including phenoxy) is 1. The van der Waals surface area contributed by atoms with Crippen LogP contribution in [0, 0.1) is 5.92 Å². The largest absolute Gasteiger partial charge is 0.370 e. The Morgan fingerprint density at radius 2 is 2.24 bits per heavy atom. The zero-order valence-electron chi connectivity index (χ0n) is 12.7. The molecule has 0 bridgehead atoms. The fraction of sp³-hybridized carbons (Fsp3) is 0.846. The molecule has 0 saturated carbocycles. The lowest BCUT2D eigenvalue weighted by Gasteiger charge is -2.16. The van der Waals surface area contributed by atoms with Gasteiger partial charge in [-0.15, -0.1) is 0 Å². The van der Waals surface area contributed by atoms with Crippen molar-refractivity contribution in [3.8, 4) is 0 Å². The predicted octanol–water partition coefficient (Wildman–Crippen LogP) is 1.08. The van der Waals surface area contributed by atoms with Gasteiger partial charge in [0.05, 0.1) is 18.1 Å². The van der Waals surface area contributed by atoms with Crippen molar-refractivity contribution in [2.24, 2.45) is 5.92 Å². The summed E-state index contributed by atoms with van der Waals surface area (Å²) in [5, 5.41) is 7.11. The number of hydrogen-bond acceptors (Lipinski definition) is 7. The molecule has 1 aromatic heterocycles. The quantitative estimate of drug-likeness (QED) is 0.804. The van der Waals surface area contributed by atoms with Gasteiger partial charge in [-0.25, -0.2) is 8.42 Å². The Morgan fingerprint density at radius 1 is 1.48 bits per heavy atom. The molecule has 2 rings (SSSR count). The highest BCUT2D eigenvalue weighted by atomic mass is 32.2. The highest BCUT2D eigenvalue weighted by Crippen LogP contribution is 2.23. The fourth-order valence-corrected chi connectivity index (χ4v) is 4.10. The van der Waals surface area contributed by atoms with Gasteiger partial charge in [0.15, 0.2) is 9.84 Å². The van der Waals surface area contributed by atoms with Crippen molar-refractivity contribution in [2.45, 2.75) is 45.9 Å². The highest BCUT2D eigenvalue weighted by Gasteiger charge is 2.28. The fourth-order valence-electron chi connectivity index (χ4n) is 2.39. The van der Waals surface area contributed by atoms with Gasteiger partial charge in [0.25, 0.3) is 0 Å². The first-order valence-corrected chi connectivity index (χ1v) is 9.11. The third-order valence-corrected chi connectivity index (χ3v) is 5.23. The third-order valence-electron chi connectivity index (χ3n) is 3.46. The van der Waals surface area contributed by atoms with Gasteiger partial charge in [0.1, 0.15) is 6.10 Å². The Kier molecular flexibility index (Phi) is 5.34. The van der Waals surface area contributed by atoms with Crippen LogP contribution in [0.3, 0.4) is 0 Å². The van der Waals surface area contributed by atoms with E-state index in [1.54, 1.807) is 0 Å². The summed E-state index contributed by atoms with van der Waals surface area (Å²) < 4.78 is 33.6. The molecule has 1 aliphatic heterocycles. The van der Waals surface area contributed by atoms with Crippen LogP contribution in [-0.4, -0.2) is 42.7 Å². The second-order valence-corrected chi connectivity index (χ2v) is 7.88. The topological polar surface area (TPSA) is 94.3 Å². The first-order valence-electron chi connectivity index (χ1n) is 7.29. The number of nitrogens with one attached hydrogen (secondary N) is 1. The second-order valence-electron chi connectivity index (χ2n) is 5.65. The summed E-state index contributed by atoms with van der Waals surface area (Å²) in [5.74, 6) is 1.69. The van der Waals surface area contributed by atoms with Crippen LogP contribution in [0.5, 0.6) is 0 Å². The molecule has 1 saturated heterocycles.